The standard InChI is InChI=1S/C15H14N2OS/c1-9-7-11-8-12(4-5-13(11)16-9)17-15(18)14-6-3-10(2)19-14/h3-8,16H,1-2H3,(H,17,18). The Kier molecular flexibility index (Phi) is 2.87. The maximum absolute atomic E-state index is 12.1. The Balaban J connectivity index is 1.86. The lowest BCUT2D eigenvalue weighted by Crippen LogP contribution is -2.09. The molecular formula is C15H14N2OS. The number of rotatable bonds is 2. The molecule has 2 heterocycles. The van der Waals surface area contributed by atoms with Crippen LogP contribution in [0.15, 0.2) is 36.4 Å². The van der Waals surface area contributed by atoms with E-state index in [2.05, 4.69) is 16.4 Å². The number of nitrogens with one attached hydrogen (secondary N) is 2. The molecule has 0 aliphatic heterocycles. The summed E-state index contributed by atoms with van der Waals surface area (Å²) in [7, 11) is 0. The minimum Gasteiger partial charge on any atom is -0.359 e. The number of carbonyl (C=O) groups excluding carboxylic acids is 1. The van der Waals surface area contributed by atoms with E-state index in [-0.39, 0.29) is 5.91 Å². The van der Waals surface area contributed by atoms with Crippen LogP contribution >= 0.6 is 11.3 Å². The molecule has 3 aromatic rings. The van der Waals surface area contributed by atoms with Crippen molar-refractivity contribution >= 4 is 33.8 Å². The third-order valence-electron chi connectivity index (χ3n) is 2.98. The number of carbonyl (C=O) groups is 1. The summed E-state index contributed by atoms with van der Waals surface area (Å²) in [4.78, 5) is 17.2. The number of aryl methyl sites for hydroxylation is 2. The molecule has 1 aromatic carbocycles. The molecule has 3 rings (SSSR count). The van der Waals surface area contributed by atoms with Gasteiger partial charge in [-0.1, -0.05) is 0 Å². The Morgan fingerprint density at radius 3 is 2.74 bits per heavy atom. The topological polar surface area (TPSA) is 44.9 Å². The van der Waals surface area contributed by atoms with Crippen LogP contribution < -0.4 is 5.32 Å². The highest BCUT2D eigenvalue weighted by molar-refractivity contribution is 7.14. The molecular weight excluding hydrogens is 256 g/mol. The summed E-state index contributed by atoms with van der Waals surface area (Å²) in [6, 6.07) is 11.8. The van der Waals surface area contributed by atoms with Crippen molar-refractivity contribution in [3.63, 3.8) is 0 Å². The highest BCUT2D eigenvalue weighted by atomic mass is 32.1. The largest absolute Gasteiger partial charge is 0.359 e. The second-order valence-corrected chi connectivity index (χ2v) is 5.91. The van der Waals surface area contributed by atoms with Gasteiger partial charge in [0.15, 0.2) is 0 Å². The number of thiophene rings is 1. The minimum atomic E-state index is -0.0512. The van der Waals surface area contributed by atoms with Gasteiger partial charge in [0.25, 0.3) is 5.91 Å². The van der Waals surface area contributed by atoms with E-state index in [1.165, 1.54) is 11.3 Å². The second-order valence-electron chi connectivity index (χ2n) is 4.62. The summed E-state index contributed by atoms with van der Waals surface area (Å²) < 4.78 is 0. The van der Waals surface area contributed by atoms with Crippen molar-refractivity contribution in [2.75, 3.05) is 5.32 Å². The minimum absolute atomic E-state index is 0.0512. The van der Waals surface area contributed by atoms with E-state index in [0.29, 0.717) is 0 Å². The van der Waals surface area contributed by atoms with Crippen LogP contribution in [-0.2, 0) is 0 Å². The van der Waals surface area contributed by atoms with Crippen molar-refractivity contribution in [2.45, 2.75) is 13.8 Å². The van der Waals surface area contributed by atoms with Gasteiger partial charge in [-0.3, -0.25) is 4.79 Å². The Bertz CT molecular complexity index is 754. The zero-order valence-electron chi connectivity index (χ0n) is 10.8. The SMILES string of the molecule is Cc1cc2cc(NC(=O)c3ccc(C)s3)ccc2[nH]1. The fraction of sp³-hybridized carbons (Fsp3) is 0.133. The van der Waals surface area contributed by atoms with E-state index < -0.39 is 0 Å². The van der Waals surface area contributed by atoms with Gasteiger partial charge in [0, 0.05) is 27.2 Å². The average Bonchev–Trinajstić information content (AvgIpc) is 2.93. The number of H-pyrrole nitrogens is 1. The third-order valence-corrected chi connectivity index (χ3v) is 3.98. The van der Waals surface area contributed by atoms with Crippen molar-refractivity contribution in [2.24, 2.45) is 0 Å². The lowest BCUT2D eigenvalue weighted by atomic mass is 10.2. The number of aromatic amines is 1. The van der Waals surface area contributed by atoms with Gasteiger partial charge in [0.2, 0.25) is 0 Å². The number of hydrogen-bond donors (Lipinski definition) is 2. The predicted molar refractivity (Wildman–Crippen MR) is 80.0 cm³/mol. The van der Waals surface area contributed by atoms with Gasteiger partial charge >= 0.3 is 0 Å². The summed E-state index contributed by atoms with van der Waals surface area (Å²) in [5.74, 6) is -0.0512. The second kappa shape index (κ2) is 4.55. The van der Waals surface area contributed by atoms with Crippen LogP contribution in [-0.4, -0.2) is 10.9 Å². The molecule has 0 aliphatic rings. The first-order chi connectivity index (χ1) is 9.11. The van der Waals surface area contributed by atoms with Crippen LogP contribution in [0.25, 0.3) is 10.9 Å². The highest BCUT2D eigenvalue weighted by Gasteiger charge is 2.08. The zero-order valence-corrected chi connectivity index (χ0v) is 11.6. The maximum Gasteiger partial charge on any atom is 0.265 e. The molecule has 4 heteroatoms. The van der Waals surface area contributed by atoms with Crippen LogP contribution in [0.3, 0.4) is 0 Å². The molecule has 0 fully saturated rings. The summed E-state index contributed by atoms with van der Waals surface area (Å²) in [6.45, 7) is 4.02. The average molecular weight is 270 g/mol. The summed E-state index contributed by atoms with van der Waals surface area (Å²) in [6.07, 6.45) is 0. The molecule has 1 amide bonds. The zero-order chi connectivity index (χ0) is 13.4. The van der Waals surface area contributed by atoms with Gasteiger partial charge in [-0.15, -0.1) is 11.3 Å². The van der Waals surface area contributed by atoms with E-state index >= 15 is 0 Å². The fourth-order valence-electron chi connectivity index (χ4n) is 2.10. The molecule has 0 atom stereocenters. The van der Waals surface area contributed by atoms with Gasteiger partial charge in [0.1, 0.15) is 0 Å². The first-order valence-electron chi connectivity index (χ1n) is 6.09. The van der Waals surface area contributed by atoms with Crippen LogP contribution in [0.4, 0.5) is 5.69 Å². The van der Waals surface area contributed by atoms with Gasteiger partial charge in [-0.25, -0.2) is 0 Å². The molecule has 2 aromatic heterocycles. The number of fused-ring (bicyclic) bond motifs is 1. The first-order valence-corrected chi connectivity index (χ1v) is 6.90. The predicted octanol–water partition coefficient (Wildman–Crippen LogP) is 4.10. The van der Waals surface area contributed by atoms with Crippen LogP contribution in [0, 0.1) is 13.8 Å². The van der Waals surface area contributed by atoms with E-state index in [4.69, 9.17) is 0 Å². The lowest BCUT2D eigenvalue weighted by molar-refractivity contribution is 0.103. The van der Waals surface area contributed by atoms with Gasteiger partial charge in [-0.2, -0.15) is 0 Å². The Morgan fingerprint density at radius 1 is 1.16 bits per heavy atom. The van der Waals surface area contributed by atoms with Crippen LogP contribution in [0.1, 0.15) is 20.2 Å². The molecule has 19 heavy (non-hydrogen) atoms. The number of aromatic nitrogens is 1. The van der Waals surface area contributed by atoms with Crippen molar-refractivity contribution < 1.29 is 4.79 Å². The van der Waals surface area contributed by atoms with Crippen LogP contribution in [0.2, 0.25) is 0 Å². The smallest absolute Gasteiger partial charge is 0.265 e. The van der Waals surface area contributed by atoms with Crippen molar-refractivity contribution in [3.8, 4) is 0 Å². The third kappa shape index (κ3) is 2.39. The van der Waals surface area contributed by atoms with Crippen LogP contribution in [0.5, 0.6) is 0 Å². The van der Waals surface area contributed by atoms with E-state index in [9.17, 15) is 4.79 Å². The summed E-state index contributed by atoms with van der Waals surface area (Å²) in [5, 5.41) is 4.04. The lowest BCUT2D eigenvalue weighted by Gasteiger charge is -2.03. The van der Waals surface area contributed by atoms with E-state index in [1.807, 2.05) is 44.2 Å². The molecule has 3 nitrogen and oxygen atoms in total. The number of anilines is 1. The Labute approximate surface area is 115 Å². The molecule has 0 radical (unpaired) electrons. The number of amides is 1. The van der Waals surface area contributed by atoms with E-state index in [1.54, 1.807) is 0 Å². The van der Waals surface area contributed by atoms with Crippen molar-refractivity contribution in [1.29, 1.82) is 0 Å². The normalized spacial score (nSPS) is 10.8. The molecule has 0 unspecified atom stereocenters. The fourth-order valence-corrected chi connectivity index (χ4v) is 2.87. The molecule has 0 aliphatic carbocycles. The van der Waals surface area contributed by atoms with Gasteiger partial charge in [0.05, 0.1) is 4.88 Å². The monoisotopic (exact) mass is 270 g/mol. The number of hydrogen-bond acceptors (Lipinski definition) is 2. The Morgan fingerprint density at radius 2 is 2.00 bits per heavy atom. The van der Waals surface area contributed by atoms with Crippen molar-refractivity contribution in [3.05, 3.63) is 51.8 Å². The first kappa shape index (κ1) is 12.0. The Hall–Kier alpha value is -2.07. The molecule has 0 saturated heterocycles. The van der Waals surface area contributed by atoms with E-state index in [0.717, 1.165) is 32.0 Å². The summed E-state index contributed by atoms with van der Waals surface area (Å²) in [5.41, 5.74) is 3.03. The van der Waals surface area contributed by atoms with Gasteiger partial charge < -0.3 is 10.3 Å². The molecule has 2 N–H and O–H groups in total. The highest BCUT2D eigenvalue weighted by Crippen LogP contribution is 2.21. The van der Waals surface area contributed by atoms with Crippen molar-refractivity contribution in [1.82, 2.24) is 4.98 Å². The molecule has 0 spiro atoms. The number of benzene rings is 1. The molecule has 96 valence electrons. The molecule has 0 bridgehead atoms. The molecule has 0 saturated carbocycles. The maximum atomic E-state index is 12.1. The quantitative estimate of drug-likeness (QED) is 0.723. The summed E-state index contributed by atoms with van der Waals surface area (Å²) >= 11 is 1.50. The van der Waals surface area contributed by atoms with Gasteiger partial charge in [-0.05, 0) is 50.2 Å².